The Morgan fingerprint density at radius 2 is 2.19 bits per heavy atom. The summed E-state index contributed by atoms with van der Waals surface area (Å²) >= 11 is 1.43. The number of hydrogen-bond acceptors (Lipinski definition) is 4. The van der Waals surface area contributed by atoms with E-state index in [-0.39, 0.29) is 23.4 Å². The lowest BCUT2D eigenvalue weighted by molar-refractivity contribution is 0.0606. The quantitative estimate of drug-likeness (QED) is 0.824. The first-order valence-electron chi connectivity index (χ1n) is 5.26. The fourth-order valence-electron chi connectivity index (χ4n) is 2.28. The largest absolute Gasteiger partial charge is 0.465 e. The zero-order chi connectivity index (χ0) is 12.0. The monoisotopic (exact) mass is 240 g/mol. The smallest absolute Gasteiger partial charge is 0.348 e. The molecular formula is C12H16O3S. The van der Waals surface area contributed by atoms with Crippen LogP contribution >= 0.6 is 11.3 Å². The van der Waals surface area contributed by atoms with Crippen LogP contribution in [0.5, 0.6) is 0 Å². The molecule has 4 heteroatoms. The summed E-state index contributed by atoms with van der Waals surface area (Å²) < 4.78 is 4.68. The van der Waals surface area contributed by atoms with Crippen molar-refractivity contribution in [2.75, 3.05) is 13.7 Å². The van der Waals surface area contributed by atoms with Gasteiger partial charge in [-0.25, -0.2) is 4.79 Å². The second-order valence-corrected chi connectivity index (χ2v) is 6.04. The first-order valence-corrected chi connectivity index (χ1v) is 6.08. The van der Waals surface area contributed by atoms with Gasteiger partial charge in [0, 0.05) is 10.3 Å². The normalized spacial score (nSPS) is 26.5. The van der Waals surface area contributed by atoms with Gasteiger partial charge >= 0.3 is 5.97 Å². The van der Waals surface area contributed by atoms with Crippen molar-refractivity contribution >= 4 is 17.3 Å². The van der Waals surface area contributed by atoms with E-state index in [1.165, 1.54) is 18.4 Å². The van der Waals surface area contributed by atoms with Crippen LogP contribution in [0.1, 0.15) is 34.8 Å². The van der Waals surface area contributed by atoms with Crippen LogP contribution in [-0.4, -0.2) is 24.8 Å². The van der Waals surface area contributed by atoms with Gasteiger partial charge in [-0.15, -0.1) is 11.3 Å². The Balaban J connectivity index is 2.29. The van der Waals surface area contributed by atoms with Crippen LogP contribution in [0.3, 0.4) is 0 Å². The van der Waals surface area contributed by atoms with Crippen LogP contribution in [0.4, 0.5) is 0 Å². The highest BCUT2D eigenvalue weighted by Gasteiger charge is 2.62. The molecule has 0 spiro atoms. The van der Waals surface area contributed by atoms with E-state index in [0.717, 1.165) is 11.3 Å². The van der Waals surface area contributed by atoms with Crippen LogP contribution in [0, 0.1) is 5.41 Å². The first kappa shape index (κ1) is 11.6. The third kappa shape index (κ3) is 1.48. The molecule has 1 unspecified atom stereocenters. The predicted octanol–water partition coefficient (Wildman–Crippen LogP) is 2.19. The molecule has 16 heavy (non-hydrogen) atoms. The molecule has 88 valence electrons. The highest BCUT2D eigenvalue weighted by atomic mass is 32.1. The van der Waals surface area contributed by atoms with Gasteiger partial charge in [0.2, 0.25) is 0 Å². The highest BCUT2D eigenvalue weighted by molar-refractivity contribution is 7.14. The Labute approximate surface area is 99.1 Å². The summed E-state index contributed by atoms with van der Waals surface area (Å²) in [6, 6.07) is 3.71. The number of aliphatic hydroxyl groups is 1. The summed E-state index contributed by atoms with van der Waals surface area (Å²) in [5.74, 6) is -0.303. The maximum Gasteiger partial charge on any atom is 0.348 e. The minimum absolute atomic E-state index is 0.125. The molecule has 1 heterocycles. The maximum atomic E-state index is 11.3. The molecular weight excluding hydrogens is 224 g/mol. The fraction of sp³-hybridized carbons (Fsp3) is 0.583. The lowest BCUT2D eigenvalue weighted by Gasteiger charge is -2.15. The lowest BCUT2D eigenvalue weighted by Crippen LogP contribution is -2.17. The van der Waals surface area contributed by atoms with Gasteiger partial charge in [0.15, 0.2) is 0 Å². The average molecular weight is 240 g/mol. The van der Waals surface area contributed by atoms with E-state index in [0.29, 0.717) is 4.88 Å². The number of rotatable bonds is 3. The van der Waals surface area contributed by atoms with Crippen LogP contribution in [0.15, 0.2) is 12.1 Å². The predicted molar refractivity (Wildman–Crippen MR) is 62.8 cm³/mol. The van der Waals surface area contributed by atoms with Gasteiger partial charge in [0.05, 0.1) is 13.7 Å². The van der Waals surface area contributed by atoms with E-state index in [4.69, 9.17) is 0 Å². The van der Waals surface area contributed by atoms with Gasteiger partial charge in [-0.2, -0.15) is 0 Å². The van der Waals surface area contributed by atoms with E-state index in [2.05, 4.69) is 18.6 Å². The number of hydrogen-bond donors (Lipinski definition) is 1. The van der Waals surface area contributed by atoms with Crippen molar-refractivity contribution in [1.29, 1.82) is 0 Å². The van der Waals surface area contributed by atoms with Gasteiger partial charge < -0.3 is 9.84 Å². The van der Waals surface area contributed by atoms with Crippen LogP contribution in [0.25, 0.3) is 0 Å². The summed E-state index contributed by atoms with van der Waals surface area (Å²) in [6.07, 6.45) is 0.970. The molecule has 1 aromatic heterocycles. The Bertz CT molecular complexity index is 422. The molecule has 0 aromatic carbocycles. The Morgan fingerprint density at radius 1 is 1.56 bits per heavy atom. The third-order valence-corrected chi connectivity index (χ3v) is 4.92. The zero-order valence-corrected chi connectivity index (χ0v) is 10.6. The second-order valence-electron chi connectivity index (χ2n) is 4.96. The molecule has 1 N–H and O–H groups in total. The molecule has 3 nitrogen and oxygen atoms in total. The van der Waals surface area contributed by atoms with E-state index >= 15 is 0 Å². The maximum absolute atomic E-state index is 11.3. The highest BCUT2D eigenvalue weighted by Crippen LogP contribution is 2.65. The van der Waals surface area contributed by atoms with E-state index in [1.54, 1.807) is 6.07 Å². The molecule has 0 amide bonds. The van der Waals surface area contributed by atoms with Crippen molar-refractivity contribution in [2.24, 2.45) is 5.41 Å². The number of carbonyl (C=O) groups is 1. The average Bonchev–Trinajstić information content (AvgIpc) is 2.68. The summed E-state index contributed by atoms with van der Waals surface area (Å²) in [6.45, 7) is 4.42. The van der Waals surface area contributed by atoms with Gasteiger partial charge in [0.1, 0.15) is 4.88 Å². The number of thiophene rings is 1. The Hall–Kier alpha value is -0.870. The molecule has 0 saturated heterocycles. The Morgan fingerprint density at radius 3 is 2.62 bits per heavy atom. The van der Waals surface area contributed by atoms with Gasteiger partial charge in [-0.1, -0.05) is 13.8 Å². The molecule has 1 saturated carbocycles. The molecule has 1 fully saturated rings. The molecule has 1 atom stereocenters. The molecule has 2 rings (SSSR count). The van der Waals surface area contributed by atoms with Gasteiger partial charge in [-0.05, 0) is 24.0 Å². The number of aliphatic hydroxyl groups excluding tert-OH is 1. The number of carbonyl (C=O) groups excluding carboxylic acids is 1. The topological polar surface area (TPSA) is 46.5 Å². The van der Waals surface area contributed by atoms with Crippen molar-refractivity contribution in [3.63, 3.8) is 0 Å². The standard InChI is InChI=1S/C12H16O3S/c1-11(2)6-12(11,7-13)9-5-4-8(16-9)10(14)15-3/h4-5,13H,6-7H2,1-3H3. The molecule has 1 aromatic rings. The zero-order valence-electron chi connectivity index (χ0n) is 9.74. The first-order chi connectivity index (χ1) is 7.47. The summed E-state index contributed by atoms with van der Waals surface area (Å²) in [4.78, 5) is 13.0. The third-order valence-electron chi connectivity index (χ3n) is 3.65. The van der Waals surface area contributed by atoms with Crippen LogP contribution in [-0.2, 0) is 10.2 Å². The molecule has 1 aliphatic carbocycles. The number of methoxy groups -OCH3 is 1. The minimum atomic E-state index is -0.303. The lowest BCUT2D eigenvalue weighted by atomic mass is 9.95. The molecule has 1 aliphatic rings. The minimum Gasteiger partial charge on any atom is -0.465 e. The fourth-order valence-corrected chi connectivity index (χ4v) is 3.57. The van der Waals surface area contributed by atoms with E-state index in [9.17, 15) is 9.90 Å². The van der Waals surface area contributed by atoms with E-state index < -0.39 is 0 Å². The van der Waals surface area contributed by atoms with Crippen molar-refractivity contribution in [2.45, 2.75) is 25.7 Å². The SMILES string of the molecule is COC(=O)c1ccc(C2(CO)CC2(C)C)s1. The van der Waals surface area contributed by atoms with Crippen LogP contribution in [0.2, 0.25) is 0 Å². The second kappa shape index (κ2) is 3.57. The Kier molecular flexibility index (Phi) is 2.59. The summed E-state index contributed by atoms with van der Waals surface area (Å²) in [5.41, 5.74) is -0.0239. The van der Waals surface area contributed by atoms with Crippen molar-refractivity contribution in [3.05, 3.63) is 21.9 Å². The van der Waals surface area contributed by atoms with Gasteiger partial charge in [-0.3, -0.25) is 0 Å². The summed E-state index contributed by atoms with van der Waals surface area (Å²) in [5, 5.41) is 9.54. The molecule has 0 radical (unpaired) electrons. The van der Waals surface area contributed by atoms with Crippen molar-refractivity contribution in [3.8, 4) is 0 Å². The van der Waals surface area contributed by atoms with Gasteiger partial charge in [0.25, 0.3) is 0 Å². The summed E-state index contributed by atoms with van der Waals surface area (Å²) in [7, 11) is 1.38. The number of ether oxygens (including phenoxy) is 1. The van der Waals surface area contributed by atoms with Crippen LogP contribution < -0.4 is 0 Å². The molecule has 0 aliphatic heterocycles. The van der Waals surface area contributed by atoms with E-state index in [1.807, 2.05) is 6.07 Å². The van der Waals surface area contributed by atoms with Crippen molar-refractivity contribution < 1.29 is 14.6 Å². The van der Waals surface area contributed by atoms with Crippen molar-refractivity contribution in [1.82, 2.24) is 0 Å². The number of esters is 1. The molecule has 0 bridgehead atoms.